The van der Waals surface area contributed by atoms with Crippen molar-refractivity contribution in [2.45, 2.75) is 62.3 Å². The molecule has 5 aliphatic rings. The van der Waals surface area contributed by atoms with Gasteiger partial charge in [-0.3, -0.25) is 14.5 Å². The number of nitrogens with zero attached hydrogens (tertiary/aromatic N) is 1. The number of ether oxygens (including phenoxy) is 1. The van der Waals surface area contributed by atoms with Crippen molar-refractivity contribution in [1.29, 1.82) is 0 Å². The van der Waals surface area contributed by atoms with E-state index in [1.807, 2.05) is 12.1 Å². The van der Waals surface area contributed by atoms with Crippen LogP contribution in [0.5, 0.6) is 0 Å². The van der Waals surface area contributed by atoms with Gasteiger partial charge in [-0.15, -0.1) is 0 Å². The summed E-state index contributed by atoms with van der Waals surface area (Å²) in [5.41, 5.74) is 1.19. The molecule has 31 heavy (non-hydrogen) atoms. The molecular formula is C25H33FN2O3. The van der Waals surface area contributed by atoms with E-state index in [4.69, 9.17) is 4.74 Å². The third-order valence-electron chi connectivity index (χ3n) is 8.41. The summed E-state index contributed by atoms with van der Waals surface area (Å²) >= 11 is 0. The molecule has 0 radical (unpaired) electrons. The highest BCUT2D eigenvalue weighted by molar-refractivity contribution is 5.79. The number of halogens is 1. The van der Waals surface area contributed by atoms with E-state index in [1.165, 1.54) is 19.1 Å². The van der Waals surface area contributed by atoms with Crippen LogP contribution in [0.4, 0.5) is 4.39 Å². The maximum atomic E-state index is 13.5. The van der Waals surface area contributed by atoms with Crippen LogP contribution in [0.1, 0.15) is 56.9 Å². The predicted molar refractivity (Wildman–Crippen MR) is 115 cm³/mol. The van der Waals surface area contributed by atoms with E-state index in [0.29, 0.717) is 18.4 Å². The zero-order chi connectivity index (χ0) is 21.6. The Morgan fingerprint density at radius 2 is 1.74 bits per heavy atom. The van der Waals surface area contributed by atoms with Crippen LogP contribution in [0.2, 0.25) is 0 Å². The molecule has 4 aliphatic carbocycles. The molecule has 1 saturated heterocycles. The number of carbonyl (C=O) groups excluding carboxylic acids is 2. The van der Waals surface area contributed by atoms with Crippen LogP contribution in [-0.4, -0.2) is 49.1 Å². The highest BCUT2D eigenvalue weighted by atomic mass is 19.1. The Balaban J connectivity index is 1.25. The second-order valence-corrected chi connectivity index (χ2v) is 10.7. The topological polar surface area (TPSA) is 58.6 Å². The van der Waals surface area contributed by atoms with Gasteiger partial charge in [0.15, 0.2) is 0 Å². The summed E-state index contributed by atoms with van der Waals surface area (Å²) < 4.78 is 18.4. The van der Waals surface area contributed by atoms with Crippen molar-refractivity contribution in [2.24, 2.45) is 17.8 Å². The third kappa shape index (κ3) is 3.99. The first-order valence-electron chi connectivity index (χ1n) is 11.8. The zero-order valence-electron chi connectivity index (χ0n) is 18.4. The van der Waals surface area contributed by atoms with E-state index in [9.17, 15) is 14.0 Å². The Labute approximate surface area is 183 Å². The minimum atomic E-state index is -0.188. The molecule has 0 spiro atoms. The monoisotopic (exact) mass is 428 g/mol. The fourth-order valence-electron chi connectivity index (χ4n) is 7.58. The summed E-state index contributed by atoms with van der Waals surface area (Å²) in [5.74, 6) is 1.02. The number of hydrogen-bond acceptors (Lipinski definition) is 4. The van der Waals surface area contributed by atoms with Crippen molar-refractivity contribution in [3.05, 3.63) is 35.6 Å². The van der Waals surface area contributed by atoms with Gasteiger partial charge in [0.05, 0.1) is 19.6 Å². The number of piperidine rings is 1. The first-order valence-corrected chi connectivity index (χ1v) is 11.8. The quantitative estimate of drug-likeness (QED) is 0.730. The van der Waals surface area contributed by atoms with Gasteiger partial charge in [-0.25, -0.2) is 4.39 Å². The molecule has 1 N–H and O–H groups in total. The van der Waals surface area contributed by atoms with Crippen molar-refractivity contribution in [3.8, 4) is 0 Å². The second-order valence-electron chi connectivity index (χ2n) is 10.7. The molecule has 1 amide bonds. The second kappa shape index (κ2) is 7.88. The number of rotatable bonds is 5. The van der Waals surface area contributed by atoms with Gasteiger partial charge in [0.1, 0.15) is 5.82 Å². The standard InChI is InChI=1S/C25H33FN2O3/c1-31-23(30)19-6-8-28(9-7-19)15-22(29)27-25-13-17-10-18(14-25)12-24(11-17,16-25)20-2-4-21(26)5-3-20/h2-5,17-19H,6-16H2,1H3,(H,27,29). The number of likely N-dealkylation sites (tertiary alicyclic amines) is 1. The number of methoxy groups -OCH3 is 1. The van der Waals surface area contributed by atoms with Gasteiger partial charge in [-0.05, 0) is 99.4 Å². The first-order chi connectivity index (χ1) is 14.9. The highest BCUT2D eigenvalue weighted by Crippen LogP contribution is 2.62. The fraction of sp³-hybridized carbons (Fsp3) is 0.680. The molecule has 0 aromatic heterocycles. The summed E-state index contributed by atoms with van der Waals surface area (Å²) in [6.45, 7) is 1.91. The fourth-order valence-corrected chi connectivity index (χ4v) is 7.58. The number of esters is 1. The van der Waals surface area contributed by atoms with Crippen LogP contribution in [0.3, 0.4) is 0 Å². The van der Waals surface area contributed by atoms with E-state index >= 15 is 0 Å². The van der Waals surface area contributed by atoms with Gasteiger partial charge >= 0.3 is 5.97 Å². The lowest BCUT2D eigenvalue weighted by atomic mass is 9.45. The molecule has 1 heterocycles. The van der Waals surface area contributed by atoms with Crippen LogP contribution in [0, 0.1) is 23.6 Å². The molecule has 1 aromatic rings. The van der Waals surface area contributed by atoms with Crippen molar-refractivity contribution in [1.82, 2.24) is 10.2 Å². The average molecular weight is 429 g/mol. The Hall–Kier alpha value is -1.95. The number of hydrogen-bond donors (Lipinski definition) is 1. The van der Waals surface area contributed by atoms with Crippen molar-refractivity contribution in [2.75, 3.05) is 26.7 Å². The van der Waals surface area contributed by atoms with E-state index in [1.54, 1.807) is 12.1 Å². The van der Waals surface area contributed by atoms with E-state index in [0.717, 1.165) is 58.0 Å². The van der Waals surface area contributed by atoms with Crippen LogP contribution < -0.4 is 5.32 Å². The molecule has 6 heteroatoms. The van der Waals surface area contributed by atoms with Gasteiger partial charge in [0.2, 0.25) is 5.91 Å². The molecule has 5 nitrogen and oxygen atoms in total. The molecule has 4 bridgehead atoms. The number of amides is 1. The van der Waals surface area contributed by atoms with Gasteiger partial charge in [0, 0.05) is 5.54 Å². The van der Waals surface area contributed by atoms with Gasteiger partial charge < -0.3 is 10.1 Å². The maximum absolute atomic E-state index is 13.5. The lowest BCUT2D eigenvalue weighted by Gasteiger charge is -2.62. The molecule has 2 atom stereocenters. The average Bonchev–Trinajstić information content (AvgIpc) is 2.72. The molecule has 4 saturated carbocycles. The predicted octanol–water partition coefficient (Wildman–Crippen LogP) is 3.42. The first kappa shape index (κ1) is 20.9. The molecule has 2 unspecified atom stereocenters. The van der Waals surface area contributed by atoms with Gasteiger partial charge in [-0.1, -0.05) is 12.1 Å². The minimum absolute atomic E-state index is 0.0389. The molecular weight excluding hydrogens is 395 g/mol. The van der Waals surface area contributed by atoms with Crippen molar-refractivity contribution in [3.63, 3.8) is 0 Å². The van der Waals surface area contributed by atoms with Crippen LogP contribution >= 0.6 is 0 Å². The largest absolute Gasteiger partial charge is 0.469 e. The summed E-state index contributed by atoms with van der Waals surface area (Å²) in [5, 5.41) is 3.48. The summed E-state index contributed by atoms with van der Waals surface area (Å²) in [6, 6.07) is 7.08. The summed E-state index contributed by atoms with van der Waals surface area (Å²) in [4.78, 5) is 27.0. The van der Waals surface area contributed by atoms with Gasteiger partial charge in [-0.2, -0.15) is 0 Å². The number of nitrogens with one attached hydrogen (secondary N) is 1. The zero-order valence-corrected chi connectivity index (χ0v) is 18.4. The summed E-state index contributed by atoms with van der Waals surface area (Å²) in [7, 11) is 1.44. The number of carbonyl (C=O) groups is 2. The molecule has 168 valence electrons. The van der Waals surface area contributed by atoms with Crippen molar-refractivity contribution < 1.29 is 18.7 Å². The Kier molecular flexibility index (Phi) is 5.32. The Morgan fingerprint density at radius 3 is 2.35 bits per heavy atom. The summed E-state index contributed by atoms with van der Waals surface area (Å²) in [6.07, 6.45) is 8.20. The van der Waals surface area contributed by atoms with Gasteiger partial charge in [0.25, 0.3) is 0 Å². The Morgan fingerprint density at radius 1 is 1.10 bits per heavy atom. The van der Waals surface area contributed by atoms with Crippen LogP contribution in [-0.2, 0) is 19.7 Å². The lowest BCUT2D eigenvalue weighted by Crippen LogP contribution is -2.65. The molecule has 6 rings (SSSR count). The third-order valence-corrected chi connectivity index (χ3v) is 8.41. The molecule has 5 fully saturated rings. The lowest BCUT2D eigenvalue weighted by molar-refractivity contribution is -0.147. The van der Waals surface area contributed by atoms with E-state index in [-0.39, 0.29) is 34.6 Å². The maximum Gasteiger partial charge on any atom is 0.308 e. The SMILES string of the molecule is COC(=O)C1CCN(CC(=O)NC23CC4CC(C2)CC(c2ccc(F)cc2)(C4)C3)CC1. The smallest absolute Gasteiger partial charge is 0.308 e. The minimum Gasteiger partial charge on any atom is -0.469 e. The van der Waals surface area contributed by atoms with Crippen LogP contribution in [0.25, 0.3) is 0 Å². The normalized spacial score (nSPS) is 35.2. The molecule has 1 aliphatic heterocycles. The Bertz CT molecular complexity index is 833. The van der Waals surface area contributed by atoms with E-state index < -0.39 is 0 Å². The van der Waals surface area contributed by atoms with Crippen LogP contribution in [0.15, 0.2) is 24.3 Å². The molecule has 1 aromatic carbocycles. The highest BCUT2D eigenvalue weighted by Gasteiger charge is 2.58. The van der Waals surface area contributed by atoms with Crippen molar-refractivity contribution >= 4 is 11.9 Å². The van der Waals surface area contributed by atoms with E-state index in [2.05, 4.69) is 10.2 Å². The number of benzene rings is 1.